The fraction of sp³-hybridized carbons (Fsp3) is 0.200. The number of H-pyrrole nitrogens is 1. The van der Waals surface area contributed by atoms with Crippen molar-refractivity contribution in [1.82, 2.24) is 14.6 Å². The molecule has 23 heavy (non-hydrogen) atoms. The lowest BCUT2D eigenvalue weighted by Crippen LogP contribution is -2.17. The first-order chi connectivity index (χ1) is 10.9. The van der Waals surface area contributed by atoms with Gasteiger partial charge in [0.1, 0.15) is 5.75 Å². The average molecular weight is 323 g/mol. The third kappa shape index (κ3) is 2.92. The van der Waals surface area contributed by atoms with Crippen LogP contribution in [0.2, 0.25) is 0 Å². The van der Waals surface area contributed by atoms with E-state index < -0.39 is 6.36 Å². The number of aromatic nitrogens is 3. The first-order valence-electron chi connectivity index (χ1n) is 6.84. The molecule has 0 unspecified atom stereocenters. The molecule has 1 aromatic carbocycles. The molecule has 5 nitrogen and oxygen atoms in total. The van der Waals surface area contributed by atoms with Gasteiger partial charge < -0.3 is 4.74 Å². The summed E-state index contributed by atoms with van der Waals surface area (Å²) >= 11 is 0. The highest BCUT2D eigenvalue weighted by atomic mass is 19.4. The van der Waals surface area contributed by atoms with E-state index in [4.69, 9.17) is 0 Å². The van der Waals surface area contributed by atoms with Crippen LogP contribution in [0.1, 0.15) is 12.6 Å². The second-order valence-corrected chi connectivity index (χ2v) is 4.84. The van der Waals surface area contributed by atoms with Gasteiger partial charge in [0.25, 0.3) is 0 Å². The van der Waals surface area contributed by atoms with E-state index in [-0.39, 0.29) is 11.4 Å². The highest BCUT2D eigenvalue weighted by Crippen LogP contribution is 2.28. The Hall–Kier alpha value is -2.77. The van der Waals surface area contributed by atoms with Crippen LogP contribution in [0, 0.1) is 0 Å². The smallest absolute Gasteiger partial charge is 0.406 e. The van der Waals surface area contributed by atoms with Gasteiger partial charge in [0, 0.05) is 11.3 Å². The second kappa shape index (κ2) is 5.45. The number of hydrogen-bond donors (Lipinski definition) is 1. The zero-order valence-electron chi connectivity index (χ0n) is 12.0. The molecule has 0 fully saturated rings. The molecule has 0 saturated heterocycles. The molecule has 3 aromatic rings. The minimum atomic E-state index is -4.72. The number of nitrogens with zero attached hydrogens (tertiary/aromatic N) is 2. The second-order valence-electron chi connectivity index (χ2n) is 4.84. The lowest BCUT2D eigenvalue weighted by molar-refractivity contribution is -0.274. The van der Waals surface area contributed by atoms with Crippen LogP contribution >= 0.6 is 0 Å². The van der Waals surface area contributed by atoms with E-state index >= 15 is 0 Å². The normalized spacial score (nSPS) is 11.8. The summed E-state index contributed by atoms with van der Waals surface area (Å²) in [5, 5.41) is 6.27. The number of aromatic amines is 1. The number of fused-ring (bicyclic) bond motifs is 1. The van der Waals surface area contributed by atoms with Crippen molar-refractivity contribution in [1.29, 1.82) is 0 Å². The molecule has 3 rings (SSSR count). The number of hydrogen-bond acceptors (Lipinski definition) is 3. The van der Waals surface area contributed by atoms with E-state index in [1.807, 2.05) is 6.92 Å². The van der Waals surface area contributed by atoms with Gasteiger partial charge in [-0.3, -0.25) is 0 Å². The van der Waals surface area contributed by atoms with E-state index in [1.54, 1.807) is 12.1 Å². The quantitative estimate of drug-likeness (QED) is 0.805. The van der Waals surface area contributed by atoms with Crippen LogP contribution in [0.3, 0.4) is 0 Å². The van der Waals surface area contributed by atoms with E-state index in [9.17, 15) is 18.0 Å². The molecule has 0 amide bonds. The molecule has 0 spiro atoms. The molecule has 0 atom stereocenters. The summed E-state index contributed by atoms with van der Waals surface area (Å²) < 4.78 is 41.9. The van der Waals surface area contributed by atoms with Crippen molar-refractivity contribution in [3.8, 4) is 16.9 Å². The molecular formula is C15H12F3N3O2. The van der Waals surface area contributed by atoms with E-state index in [0.29, 0.717) is 17.6 Å². The van der Waals surface area contributed by atoms with Crippen molar-refractivity contribution < 1.29 is 17.9 Å². The van der Waals surface area contributed by atoms with Crippen molar-refractivity contribution >= 4 is 5.65 Å². The molecule has 0 aliphatic heterocycles. The van der Waals surface area contributed by atoms with E-state index in [2.05, 4.69) is 14.9 Å². The summed E-state index contributed by atoms with van der Waals surface area (Å²) in [5.74, 6) is -0.291. The van der Waals surface area contributed by atoms with Crippen LogP contribution in [-0.4, -0.2) is 21.0 Å². The van der Waals surface area contributed by atoms with Crippen LogP contribution in [-0.2, 0) is 6.42 Å². The van der Waals surface area contributed by atoms with Gasteiger partial charge in [-0.05, 0) is 36.2 Å². The summed E-state index contributed by atoms with van der Waals surface area (Å²) in [7, 11) is 0. The fourth-order valence-electron chi connectivity index (χ4n) is 2.50. The van der Waals surface area contributed by atoms with Crippen molar-refractivity contribution in [3.05, 3.63) is 52.6 Å². The zero-order valence-corrected chi connectivity index (χ0v) is 12.0. The third-order valence-electron chi connectivity index (χ3n) is 3.41. The van der Waals surface area contributed by atoms with Gasteiger partial charge >= 0.3 is 12.1 Å². The summed E-state index contributed by atoms with van der Waals surface area (Å²) in [4.78, 5) is 11.9. The van der Waals surface area contributed by atoms with Crippen molar-refractivity contribution in [2.45, 2.75) is 19.7 Å². The Labute approximate surface area is 128 Å². The number of alkyl halides is 3. The van der Waals surface area contributed by atoms with Gasteiger partial charge in [0.05, 0.1) is 0 Å². The Balaban J connectivity index is 2.06. The Morgan fingerprint density at radius 2 is 1.87 bits per heavy atom. The molecule has 8 heteroatoms. The maximum Gasteiger partial charge on any atom is 0.573 e. The summed E-state index contributed by atoms with van der Waals surface area (Å²) in [6, 6.07) is 8.98. The number of ether oxygens (including phenoxy) is 1. The van der Waals surface area contributed by atoms with Crippen molar-refractivity contribution in [2.24, 2.45) is 0 Å². The monoisotopic (exact) mass is 323 g/mol. The molecular weight excluding hydrogens is 311 g/mol. The molecule has 120 valence electrons. The van der Waals surface area contributed by atoms with E-state index in [0.717, 1.165) is 11.3 Å². The number of nitrogens with one attached hydrogen (secondary N) is 1. The minimum Gasteiger partial charge on any atom is -0.406 e. The number of pyridine rings is 1. The van der Waals surface area contributed by atoms with Gasteiger partial charge in [-0.2, -0.15) is 5.10 Å². The topological polar surface area (TPSA) is 59.4 Å². The lowest BCUT2D eigenvalue weighted by atomic mass is 10.0. The summed E-state index contributed by atoms with van der Waals surface area (Å²) in [5.41, 5.74) is 2.31. The van der Waals surface area contributed by atoms with Crippen molar-refractivity contribution in [2.75, 3.05) is 0 Å². The molecule has 1 N–H and O–H groups in total. The first-order valence-corrected chi connectivity index (χ1v) is 6.84. The standard InChI is InChI=1S/C15H12F3N3O2/c1-2-12-11(7-8-13-19-20-14(22)21(12)13)9-3-5-10(6-4-9)23-15(16,17)18/h3-8H,2H2,1H3,(H,20,22). The summed E-state index contributed by atoms with van der Waals surface area (Å²) in [6.45, 7) is 1.89. The Morgan fingerprint density at radius 3 is 2.48 bits per heavy atom. The summed E-state index contributed by atoms with van der Waals surface area (Å²) in [6.07, 6.45) is -4.16. The number of aryl methyl sites for hydroxylation is 1. The van der Waals surface area contributed by atoms with Gasteiger partial charge in [0.2, 0.25) is 0 Å². The van der Waals surface area contributed by atoms with Crippen LogP contribution in [0.25, 0.3) is 16.8 Å². The van der Waals surface area contributed by atoms with Crippen LogP contribution in [0.4, 0.5) is 13.2 Å². The van der Waals surface area contributed by atoms with Crippen LogP contribution in [0.5, 0.6) is 5.75 Å². The molecule has 2 aromatic heterocycles. The molecule has 0 aliphatic carbocycles. The van der Waals surface area contributed by atoms with Gasteiger partial charge in [0.15, 0.2) is 5.65 Å². The largest absolute Gasteiger partial charge is 0.573 e. The minimum absolute atomic E-state index is 0.291. The lowest BCUT2D eigenvalue weighted by Gasteiger charge is -2.12. The third-order valence-corrected chi connectivity index (χ3v) is 3.41. The van der Waals surface area contributed by atoms with Gasteiger partial charge in [-0.1, -0.05) is 19.1 Å². The predicted molar refractivity (Wildman–Crippen MR) is 77.3 cm³/mol. The average Bonchev–Trinajstić information content (AvgIpc) is 2.87. The maximum atomic E-state index is 12.2. The Kier molecular flexibility index (Phi) is 3.59. The Morgan fingerprint density at radius 1 is 1.17 bits per heavy atom. The fourth-order valence-corrected chi connectivity index (χ4v) is 2.50. The molecule has 0 aliphatic rings. The molecule has 2 heterocycles. The van der Waals surface area contributed by atoms with E-state index in [1.165, 1.54) is 28.7 Å². The van der Waals surface area contributed by atoms with Gasteiger partial charge in [-0.25, -0.2) is 14.3 Å². The highest BCUT2D eigenvalue weighted by molar-refractivity contribution is 5.69. The molecule has 0 bridgehead atoms. The number of rotatable bonds is 3. The molecule has 0 saturated carbocycles. The predicted octanol–water partition coefficient (Wildman–Crippen LogP) is 3.15. The number of halogens is 3. The van der Waals surface area contributed by atoms with Crippen molar-refractivity contribution in [3.63, 3.8) is 0 Å². The maximum absolute atomic E-state index is 12.2. The Bertz CT molecular complexity index is 895. The number of benzene rings is 1. The van der Waals surface area contributed by atoms with Gasteiger partial charge in [-0.15, -0.1) is 13.2 Å². The zero-order chi connectivity index (χ0) is 16.6. The van der Waals surface area contributed by atoms with Crippen LogP contribution in [0.15, 0.2) is 41.2 Å². The molecule has 0 radical (unpaired) electrons. The van der Waals surface area contributed by atoms with Crippen LogP contribution < -0.4 is 10.4 Å². The SMILES string of the molecule is CCc1c(-c2ccc(OC(F)(F)F)cc2)ccc2n[nH]c(=O)n12. The first kappa shape index (κ1) is 15.1. The highest BCUT2D eigenvalue weighted by Gasteiger charge is 2.31.